The van der Waals surface area contributed by atoms with Crippen molar-refractivity contribution in [3.63, 3.8) is 0 Å². The minimum Gasteiger partial charge on any atom is -0.312 e. The molecule has 4 nitrogen and oxygen atoms in total. The van der Waals surface area contributed by atoms with Crippen LogP contribution in [-0.4, -0.2) is 32.0 Å². The van der Waals surface area contributed by atoms with Gasteiger partial charge in [0.05, 0.1) is 6.20 Å². The van der Waals surface area contributed by atoms with Gasteiger partial charge in [0.15, 0.2) is 0 Å². The molecule has 1 atom stereocenters. The molecule has 1 aromatic rings. The second-order valence-corrected chi connectivity index (χ2v) is 4.99. The van der Waals surface area contributed by atoms with Gasteiger partial charge >= 0.3 is 0 Å². The molecule has 0 bridgehead atoms. The summed E-state index contributed by atoms with van der Waals surface area (Å²) in [6, 6.07) is 0. The summed E-state index contributed by atoms with van der Waals surface area (Å²) in [4.78, 5) is 0. The quantitative estimate of drug-likeness (QED) is 0.702. The predicted molar refractivity (Wildman–Crippen MR) is 63.9 cm³/mol. The van der Waals surface area contributed by atoms with E-state index >= 15 is 0 Å². The minimum absolute atomic E-state index is 0.681. The maximum atomic E-state index is 11.1. The first-order valence-corrected chi connectivity index (χ1v) is 6.46. The standard InChI is InChI=1S/C10H17N3OS/c1-3-13-9-10(8-12-13)7-11-5-6-15(14)4-2/h3,8-9,11H,1,4-7H2,2H3. The molecule has 5 heteroatoms. The third-order valence-corrected chi connectivity index (χ3v) is 3.30. The highest BCUT2D eigenvalue weighted by Crippen LogP contribution is 1.96. The van der Waals surface area contributed by atoms with Crippen LogP contribution in [0.3, 0.4) is 0 Å². The molecule has 84 valence electrons. The minimum atomic E-state index is -0.681. The van der Waals surface area contributed by atoms with E-state index in [2.05, 4.69) is 17.0 Å². The Morgan fingerprint density at radius 2 is 2.53 bits per heavy atom. The topological polar surface area (TPSA) is 46.9 Å². The molecule has 0 amide bonds. The van der Waals surface area contributed by atoms with Crippen LogP contribution < -0.4 is 5.32 Å². The molecular weight excluding hydrogens is 210 g/mol. The Kier molecular flexibility index (Phi) is 5.28. The van der Waals surface area contributed by atoms with Crippen LogP contribution in [0.5, 0.6) is 0 Å². The first kappa shape index (κ1) is 12.1. The SMILES string of the molecule is C=Cn1cc(CNCCS(=O)CC)cn1. The average molecular weight is 227 g/mol. The first-order chi connectivity index (χ1) is 7.26. The van der Waals surface area contributed by atoms with E-state index in [9.17, 15) is 4.21 Å². The molecule has 0 saturated carbocycles. The molecule has 0 radical (unpaired) electrons. The number of nitrogens with zero attached hydrogens (tertiary/aromatic N) is 2. The Morgan fingerprint density at radius 1 is 1.73 bits per heavy atom. The summed E-state index contributed by atoms with van der Waals surface area (Å²) in [6.07, 6.45) is 5.36. The smallest absolute Gasteiger partial charge is 0.0538 e. The van der Waals surface area contributed by atoms with Crippen LogP contribution in [0.4, 0.5) is 0 Å². The van der Waals surface area contributed by atoms with Crippen molar-refractivity contribution in [2.75, 3.05) is 18.1 Å². The average Bonchev–Trinajstić information content (AvgIpc) is 2.72. The lowest BCUT2D eigenvalue weighted by Gasteiger charge is -2.01. The zero-order chi connectivity index (χ0) is 11.1. The fourth-order valence-electron chi connectivity index (χ4n) is 1.13. The number of nitrogens with one attached hydrogen (secondary N) is 1. The third kappa shape index (κ3) is 4.40. The van der Waals surface area contributed by atoms with Gasteiger partial charge in [-0.25, -0.2) is 4.68 Å². The largest absolute Gasteiger partial charge is 0.312 e. The third-order valence-electron chi connectivity index (χ3n) is 2.00. The lowest BCUT2D eigenvalue weighted by atomic mass is 10.3. The zero-order valence-corrected chi connectivity index (χ0v) is 9.80. The van der Waals surface area contributed by atoms with Crippen LogP contribution in [0.2, 0.25) is 0 Å². The number of aromatic nitrogens is 2. The Morgan fingerprint density at radius 3 is 3.13 bits per heavy atom. The normalized spacial score (nSPS) is 12.6. The van der Waals surface area contributed by atoms with Gasteiger partial charge in [-0.15, -0.1) is 0 Å². The fourth-order valence-corrected chi connectivity index (χ4v) is 1.79. The summed E-state index contributed by atoms with van der Waals surface area (Å²) in [6.45, 7) is 7.09. The van der Waals surface area contributed by atoms with E-state index in [0.717, 1.165) is 24.4 Å². The monoisotopic (exact) mass is 227 g/mol. The molecule has 15 heavy (non-hydrogen) atoms. The Labute approximate surface area is 92.8 Å². The molecule has 0 aliphatic carbocycles. The van der Waals surface area contributed by atoms with Gasteiger partial charge in [-0.3, -0.25) is 4.21 Å². The van der Waals surface area contributed by atoms with Crippen molar-refractivity contribution in [2.24, 2.45) is 0 Å². The van der Waals surface area contributed by atoms with Crippen LogP contribution >= 0.6 is 0 Å². The highest BCUT2D eigenvalue weighted by Gasteiger charge is 1.97. The molecule has 0 aliphatic rings. The molecule has 0 aromatic carbocycles. The zero-order valence-electron chi connectivity index (χ0n) is 8.98. The van der Waals surface area contributed by atoms with Crippen LogP contribution in [-0.2, 0) is 17.3 Å². The molecule has 1 N–H and O–H groups in total. The van der Waals surface area contributed by atoms with Gasteiger partial charge in [0, 0.05) is 53.4 Å². The second-order valence-electron chi connectivity index (χ2n) is 3.12. The summed E-state index contributed by atoms with van der Waals surface area (Å²) >= 11 is 0. The molecule has 0 saturated heterocycles. The summed E-state index contributed by atoms with van der Waals surface area (Å²) in [7, 11) is -0.681. The molecule has 1 unspecified atom stereocenters. The van der Waals surface area contributed by atoms with Gasteiger partial charge in [-0.1, -0.05) is 13.5 Å². The van der Waals surface area contributed by atoms with Crippen molar-refractivity contribution in [2.45, 2.75) is 13.5 Å². The maximum Gasteiger partial charge on any atom is 0.0538 e. The Hall–Kier alpha value is -0.940. The van der Waals surface area contributed by atoms with E-state index in [1.165, 1.54) is 0 Å². The van der Waals surface area contributed by atoms with Crippen molar-refractivity contribution in [1.29, 1.82) is 0 Å². The van der Waals surface area contributed by atoms with Gasteiger partial charge in [0.1, 0.15) is 0 Å². The van der Waals surface area contributed by atoms with Crippen molar-refractivity contribution < 1.29 is 4.21 Å². The lowest BCUT2D eigenvalue weighted by Crippen LogP contribution is -2.20. The van der Waals surface area contributed by atoms with Crippen molar-refractivity contribution in [1.82, 2.24) is 15.1 Å². The number of hydrogen-bond donors (Lipinski definition) is 1. The molecular formula is C10H17N3OS. The molecule has 1 rings (SSSR count). The Bertz CT molecular complexity index is 335. The molecule has 0 fully saturated rings. The van der Waals surface area contributed by atoms with Crippen LogP contribution in [0.25, 0.3) is 6.20 Å². The summed E-state index contributed by atoms with van der Waals surface area (Å²) in [5.41, 5.74) is 1.11. The summed E-state index contributed by atoms with van der Waals surface area (Å²) < 4.78 is 12.8. The van der Waals surface area contributed by atoms with E-state index in [4.69, 9.17) is 0 Å². The van der Waals surface area contributed by atoms with E-state index < -0.39 is 10.8 Å². The van der Waals surface area contributed by atoms with Crippen molar-refractivity contribution in [3.8, 4) is 0 Å². The molecule has 0 spiro atoms. The van der Waals surface area contributed by atoms with Crippen molar-refractivity contribution in [3.05, 3.63) is 24.5 Å². The second kappa shape index (κ2) is 6.53. The molecule has 1 aromatic heterocycles. The Balaban J connectivity index is 2.20. The number of hydrogen-bond acceptors (Lipinski definition) is 3. The van der Waals surface area contributed by atoms with Crippen LogP contribution in [0, 0.1) is 0 Å². The predicted octanol–water partition coefficient (Wildman–Crippen LogP) is 0.842. The summed E-state index contributed by atoms with van der Waals surface area (Å²) in [5.74, 6) is 1.45. The maximum absolute atomic E-state index is 11.1. The van der Waals surface area contributed by atoms with E-state index in [1.807, 2.05) is 13.1 Å². The van der Waals surface area contributed by atoms with Gasteiger partial charge in [-0.2, -0.15) is 5.10 Å². The van der Waals surface area contributed by atoms with Gasteiger partial charge < -0.3 is 5.32 Å². The molecule has 0 aliphatic heterocycles. The van der Waals surface area contributed by atoms with E-state index in [0.29, 0.717) is 5.75 Å². The van der Waals surface area contributed by atoms with Gasteiger partial charge in [-0.05, 0) is 0 Å². The van der Waals surface area contributed by atoms with Gasteiger partial charge in [0.2, 0.25) is 0 Å². The van der Waals surface area contributed by atoms with Crippen LogP contribution in [0.15, 0.2) is 19.0 Å². The van der Waals surface area contributed by atoms with Gasteiger partial charge in [0.25, 0.3) is 0 Å². The highest BCUT2D eigenvalue weighted by atomic mass is 32.2. The highest BCUT2D eigenvalue weighted by molar-refractivity contribution is 7.84. The van der Waals surface area contributed by atoms with Crippen LogP contribution in [0.1, 0.15) is 12.5 Å². The van der Waals surface area contributed by atoms with E-state index in [1.54, 1.807) is 17.1 Å². The lowest BCUT2D eigenvalue weighted by molar-refractivity contribution is 0.674. The molecule has 1 heterocycles. The van der Waals surface area contributed by atoms with E-state index in [-0.39, 0.29) is 0 Å². The van der Waals surface area contributed by atoms with Crippen molar-refractivity contribution >= 4 is 17.0 Å². The fraction of sp³-hybridized carbons (Fsp3) is 0.500. The summed E-state index contributed by atoms with van der Waals surface area (Å²) in [5, 5.41) is 7.29. The first-order valence-electron chi connectivity index (χ1n) is 4.97. The number of rotatable bonds is 7.